The van der Waals surface area contributed by atoms with Crippen LogP contribution in [0.25, 0.3) is 16.6 Å². The summed E-state index contributed by atoms with van der Waals surface area (Å²) in [5.74, 6) is 0.516. The van der Waals surface area contributed by atoms with Gasteiger partial charge in [-0.05, 0) is 77.3 Å². The maximum Gasteiger partial charge on any atom is 0.322 e. The number of nitrogens with zero attached hydrogens (tertiary/aromatic N) is 3. The number of para-hydroxylation sites is 2. The number of halogens is 2. The average molecular weight is 568 g/mol. The highest BCUT2D eigenvalue weighted by atomic mass is 79.9. The molecule has 0 saturated carbocycles. The first kappa shape index (κ1) is 25.9. The Morgan fingerprint density at radius 3 is 2.44 bits per heavy atom. The maximum atomic E-state index is 13.8. The molecule has 1 unspecified atom stereocenters. The van der Waals surface area contributed by atoms with E-state index < -0.39 is 6.04 Å². The Bertz CT molecular complexity index is 1420. The van der Waals surface area contributed by atoms with Gasteiger partial charge in [0, 0.05) is 16.0 Å². The van der Waals surface area contributed by atoms with Crippen LogP contribution in [0.5, 0.6) is 0 Å². The van der Waals surface area contributed by atoms with Gasteiger partial charge in [0.1, 0.15) is 5.82 Å². The Morgan fingerprint density at radius 2 is 1.75 bits per heavy atom. The summed E-state index contributed by atoms with van der Waals surface area (Å²) in [4.78, 5) is 34.1. The smallest absolute Gasteiger partial charge is 0.314 e. The van der Waals surface area contributed by atoms with E-state index >= 15 is 0 Å². The second-order valence-corrected chi connectivity index (χ2v) is 9.78. The summed E-state index contributed by atoms with van der Waals surface area (Å²) in [6.07, 6.45) is 2.31. The molecule has 8 heteroatoms. The Morgan fingerprint density at radius 1 is 1.06 bits per heavy atom. The lowest BCUT2D eigenvalue weighted by atomic mass is 10.1. The molecule has 186 valence electrons. The number of urea groups is 1. The average Bonchev–Trinajstić information content (AvgIpc) is 2.88. The van der Waals surface area contributed by atoms with Crippen LogP contribution >= 0.6 is 27.5 Å². The molecule has 1 aromatic heterocycles. The van der Waals surface area contributed by atoms with Gasteiger partial charge in [-0.2, -0.15) is 0 Å². The normalized spacial score (nSPS) is 11.9. The number of aromatic nitrogens is 2. The molecule has 0 aliphatic carbocycles. The second-order valence-electron chi connectivity index (χ2n) is 8.49. The molecule has 0 bridgehead atoms. The van der Waals surface area contributed by atoms with E-state index in [1.54, 1.807) is 39.8 Å². The van der Waals surface area contributed by atoms with E-state index in [1.165, 1.54) is 0 Å². The van der Waals surface area contributed by atoms with Gasteiger partial charge in [0.2, 0.25) is 0 Å². The Kier molecular flexibility index (Phi) is 8.44. The van der Waals surface area contributed by atoms with Gasteiger partial charge >= 0.3 is 6.03 Å². The zero-order valence-electron chi connectivity index (χ0n) is 20.2. The number of unbranched alkanes of at least 4 members (excludes halogenated alkanes) is 1. The number of carbonyl (C=O) groups excluding carboxylic acids is 1. The van der Waals surface area contributed by atoms with E-state index in [2.05, 4.69) is 28.2 Å². The quantitative estimate of drug-likeness (QED) is 0.239. The molecule has 0 saturated heterocycles. The summed E-state index contributed by atoms with van der Waals surface area (Å²) in [6.45, 7) is 4.61. The van der Waals surface area contributed by atoms with Crippen molar-refractivity contribution < 1.29 is 4.79 Å². The third-order valence-corrected chi connectivity index (χ3v) is 7.02. The highest BCUT2D eigenvalue weighted by molar-refractivity contribution is 9.10. The molecule has 1 atom stereocenters. The number of rotatable bonds is 8. The molecule has 36 heavy (non-hydrogen) atoms. The van der Waals surface area contributed by atoms with E-state index in [1.807, 2.05) is 49.4 Å². The van der Waals surface area contributed by atoms with E-state index in [0.29, 0.717) is 46.1 Å². The number of hydrogen-bond donors (Lipinski definition) is 1. The standard InChI is InChI=1S/C28H28BrClN4O2/c1-3-5-18-33(28(36)32-24-13-9-7-11-22(24)29)25(4-2)26-31-23-12-8-6-10-21(23)27(35)34(26)20-16-14-19(30)15-17-20/h6-17,25H,3-5,18H2,1-2H3,(H,32,36). The van der Waals surface area contributed by atoms with Crippen molar-refractivity contribution in [1.82, 2.24) is 14.5 Å². The van der Waals surface area contributed by atoms with Crippen LogP contribution in [0.2, 0.25) is 5.02 Å². The first-order valence-corrected chi connectivity index (χ1v) is 13.2. The highest BCUT2D eigenvalue weighted by Crippen LogP contribution is 2.29. The highest BCUT2D eigenvalue weighted by Gasteiger charge is 2.29. The minimum Gasteiger partial charge on any atom is -0.314 e. The summed E-state index contributed by atoms with van der Waals surface area (Å²) >= 11 is 9.64. The predicted molar refractivity (Wildman–Crippen MR) is 150 cm³/mol. The minimum absolute atomic E-state index is 0.182. The zero-order chi connectivity index (χ0) is 25.7. The Labute approximate surface area is 224 Å². The molecule has 3 aromatic carbocycles. The van der Waals surface area contributed by atoms with Crippen LogP contribution in [0.4, 0.5) is 10.5 Å². The number of carbonyl (C=O) groups is 1. The molecule has 0 radical (unpaired) electrons. The molecule has 6 nitrogen and oxygen atoms in total. The summed E-state index contributed by atoms with van der Waals surface area (Å²) < 4.78 is 2.40. The summed E-state index contributed by atoms with van der Waals surface area (Å²) in [6, 6.07) is 21.2. The Balaban J connectivity index is 1.87. The number of nitrogens with one attached hydrogen (secondary N) is 1. The molecule has 0 fully saturated rings. The molecule has 1 N–H and O–H groups in total. The maximum absolute atomic E-state index is 13.8. The van der Waals surface area contributed by atoms with Gasteiger partial charge in [-0.3, -0.25) is 9.36 Å². The first-order valence-electron chi connectivity index (χ1n) is 12.0. The fraction of sp³-hybridized carbons (Fsp3) is 0.250. The van der Waals surface area contributed by atoms with Crippen molar-refractivity contribution in [2.24, 2.45) is 0 Å². The summed E-state index contributed by atoms with van der Waals surface area (Å²) in [5.41, 5.74) is 1.75. The van der Waals surface area contributed by atoms with Gasteiger partial charge < -0.3 is 10.2 Å². The lowest BCUT2D eigenvalue weighted by molar-refractivity contribution is 0.180. The van der Waals surface area contributed by atoms with Gasteiger partial charge in [-0.25, -0.2) is 9.78 Å². The number of fused-ring (bicyclic) bond motifs is 1. The summed E-state index contributed by atoms with van der Waals surface area (Å²) in [7, 11) is 0. The topological polar surface area (TPSA) is 67.2 Å². The molecular formula is C28H28BrClN4O2. The van der Waals surface area contributed by atoms with Crippen LogP contribution in [0, 0.1) is 0 Å². The first-order chi connectivity index (χ1) is 17.4. The van der Waals surface area contributed by atoms with E-state index in [0.717, 1.165) is 17.3 Å². The molecule has 4 rings (SSSR count). The van der Waals surface area contributed by atoms with Gasteiger partial charge in [0.25, 0.3) is 5.56 Å². The van der Waals surface area contributed by atoms with Crippen LogP contribution in [0.3, 0.4) is 0 Å². The molecule has 2 amide bonds. The lowest BCUT2D eigenvalue weighted by Crippen LogP contribution is -2.41. The molecule has 0 aliphatic heterocycles. The van der Waals surface area contributed by atoms with Crippen molar-refractivity contribution in [3.63, 3.8) is 0 Å². The molecule has 0 spiro atoms. The largest absolute Gasteiger partial charge is 0.322 e. The molecule has 1 heterocycles. The fourth-order valence-electron chi connectivity index (χ4n) is 4.23. The van der Waals surface area contributed by atoms with Crippen LogP contribution in [0.15, 0.2) is 82.1 Å². The monoisotopic (exact) mass is 566 g/mol. The third kappa shape index (κ3) is 5.47. The number of hydrogen-bond acceptors (Lipinski definition) is 3. The van der Waals surface area contributed by atoms with Gasteiger partial charge in [0.15, 0.2) is 0 Å². The minimum atomic E-state index is -0.438. The predicted octanol–water partition coefficient (Wildman–Crippen LogP) is 7.59. The number of amides is 2. The van der Waals surface area contributed by atoms with E-state index in [-0.39, 0.29) is 11.6 Å². The Hall–Kier alpha value is -3.16. The van der Waals surface area contributed by atoms with E-state index in [4.69, 9.17) is 16.6 Å². The van der Waals surface area contributed by atoms with Crippen molar-refractivity contribution in [3.8, 4) is 5.69 Å². The van der Waals surface area contributed by atoms with Crippen LogP contribution in [-0.2, 0) is 0 Å². The van der Waals surface area contributed by atoms with Gasteiger partial charge in [-0.15, -0.1) is 0 Å². The SMILES string of the molecule is CCCCN(C(=O)Nc1ccccc1Br)C(CC)c1nc2ccccc2c(=O)n1-c1ccc(Cl)cc1. The molecule has 4 aromatic rings. The summed E-state index contributed by atoms with van der Waals surface area (Å²) in [5, 5.41) is 4.12. The fourth-order valence-corrected chi connectivity index (χ4v) is 4.74. The third-order valence-electron chi connectivity index (χ3n) is 6.08. The van der Waals surface area contributed by atoms with Crippen molar-refractivity contribution in [3.05, 3.63) is 98.5 Å². The number of anilines is 1. The van der Waals surface area contributed by atoms with Crippen molar-refractivity contribution in [1.29, 1.82) is 0 Å². The van der Waals surface area contributed by atoms with Crippen molar-refractivity contribution in [2.75, 3.05) is 11.9 Å². The van der Waals surface area contributed by atoms with Crippen LogP contribution in [-0.4, -0.2) is 27.0 Å². The lowest BCUT2D eigenvalue weighted by Gasteiger charge is -2.32. The van der Waals surface area contributed by atoms with E-state index in [9.17, 15) is 9.59 Å². The van der Waals surface area contributed by atoms with Crippen LogP contribution < -0.4 is 10.9 Å². The zero-order valence-corrected chi connectivity index (χ0v) is 22.6. The molecule has 0 aliphatic rings. The second kappa shape index (κ2) is 11.7. The van der Waals surface area contributed by atoms with Crippen molar-refractivity contribution >= 4 is 50.2 Å². The van der Waals surface area contributed by atoms with Gasteiger partial charge in [-0.1, -0.05) is 56.1 Å². The molecular weight excluding hydrogens is 540 g/mol. The van der Waals surface area contributed by atoms with Gasteiger partial charge in [0.05, 0.1) is 28.3 Å². The van der Waals surface area contributed by atoms with Crippen LogP contribution in [0.1, 0.15) is 45.0 Å². The number of benzene rings is 3. The van der Waals surface area contributed by atoms with Crippen molar-refractivity contribution in [2.45, 2.75) is 39.2 Å².